The molecule has 0 aliphatic carbocycles. The van der Waals surface area contributed by atoms with Gasteiger partial charge in [-0.15, -0.1) is 5.10 Å². The fourth-order valence-electron chi connectivity index (χ4n) is 1.88. The summed E-state index contributed by atoms with van der Waals surface area (Å²) >= 11 is 5.90. The first-order valence-electron chi connectivity index (χ1n) is 7.79. The normalized spacial score (nSPS) is 12.0. The number of nitrogens with one attached hydrogen (secondary N) is 1. The number of amidine groups is 1. The lowest BCUT2D eigenvalue weighted by Gasteiger charge is -2.19. The molecular formula is C16H21ClF3N3O2. The second kappa shape index (κ2) is 9.50. The lowest BCUT2D eigenvalue weighted by atomic mass is 10.2. The summed E-state index contributed by atoms with van der Waals surface area (Å²) in [6.07, 6.45) is -2.78. The summed E-state index contributed by atoms with van der Waals surface area (Å²) < 4.78 is 43.4. The van der Waals surface area contributed by atoms with Gasteiger partial charge in [0.2, 0.25) is 5.84 Å². The van der Waals surface area contributed by atoms with Gasteiger partial charge in [-0.2, -0.15) is 13.2 Å². The predicted molar refractivity (Wildman–Crippen MR) is 91.7 cm³/mol. The average molecular weight is 380 g/mol. The molecule has 0 aliphatic rings. The fraction of sp³-hybridized carbons (Fsp3) is 0.500. The molecule has 1 aromatic rings. The van der Waals surface area contributed by atoms with Crippen molar-refractivity contribution >= 4 is 29.1 Å². The van der Waals surface area contributed by atoms with E-state index in [1.165, 1.54) is 0 Å². The number of likely N-dealkylation sites (N-methyl/N-ethyl adjacent to an activating group) is 1. The van der Waals surface area contributed by atoms with Crippen LogP contribution in [0.4, 0.5) is 18.9 Å². The van der Waals surface area contributed by atoms with Gasteiger partial charge in [0.1, 0.15) is 0 Å². The zero-order valence-corrected chi connectivity index (χ0v) is 15.0. The van der Waals surface area contributed by atoms with Gasteiger partial charge in [-0.3, -0.25) is 5.43 Å². The average Bonchev–Trinajstić information content (AvgIpc) is 2.53. The van der Waals surface area contributed by atoms with Crippen LogP contribution in [0.3, 0.4) is 0 Å². The second-order valence-electron chi connectivity index (χ2n) is 5.24. The maximum atomic E-state index is 12.8. The van der Waals surface area contributed by atoms with Crippen LogP contribution >= 0.6 is 11.6 Å². The molecule has 5 nitrogen and oxygen atoms in total. The third kappa shape index (κ3) is 6.45. The molecule has 0 aliphatic heterocycles. The van der Waals surface area contributed by atoms with E-state index in [0.29, 0.717) is 6.54 Å². The fourth-order valence-corrected chi connectivity index (χ4v) is 2.04. The summed E-state index contributed by atoms with van der Waals surface area (Å²) in [6.45, 7) is 4.35. The number of esters is 1. The molecule has 0 amide bonds. The van der Waals surface area contributed by atoms with Crippen molar-refractivity contribution in [2.24, 2.45) is 5.10 Å². The minimum Gasteiger partial charge on any atom is -0.460 e. The molecule has 0 saturated carbocycles. The van der Waals surface area contributed by atoms with Crippen LogP contribution in [0.5, 0.6) is 0 Å². The molecule has 0 unspecified atom stereocenters. The SMILES string of the molecule is CCCCN(C)/C(=N\Nc1cc(C(F)(F)F)ccc1Cl)C(=O)OCC. The Kier molecular flexibility index (Phi) is 8.02. The molecule has 140 valence electrons. The van der Waals surface area contributed by atoms with Crippen molar-refractivity contribution in [2.75, 3.05) is 25.6 Å². The van der Waals surface area contributed by atoms with Crippen molar-refractivity contribution in [3.63, 3.8) is 0 Å². The van der Waals surface area contributed by atoms with E-state index < -0.39 is 17.7 Å². The summed E-state index contributed by atoms with van der Waals surface area (Å²) in [5.74, 6) is -0.708. The largest absolute Gasteiger partial charge is 0.460 e. The molecule has 0 saturated heterocycles. The van der Waals surface area contributed by atoms with Gasteiger partial charge >= 0.3 is 12.1 Å². The number of unbranched alkanes of at least 4 members (excludes halogenated alkanes) is 1. The predicted octanol–water partition coefficient (Wildman–Crippen LogP) is 4.38. The van der Waals surface area contributed by atoms with Crippen LogP contribution in [0, 0.1) is 0 Å². The number of anilines is 1. The van der Waals surface area contributed by atoms with Crippen LogP contribution in [0.15, 0.2) is 23.3 Å². The Hall–Kier alpha value is -1.96. The first-order valence-corrected chi connectivity index (χ1v) is 8.17. The number of rotatable bonds is 6. The highest BCUT2D eigenvalue weighted by Crippen LogP contribution is 2.33. The standard InChI is InChI=1S/C16H21ClF3N3O2/c1-4-6-9-23(3)14(15(24)25-5-2)22-21-13-10-11(16(18,19)20)7-8-12(13)17/h7-8,10,21H,4-6,9H2,1-3H3/b22-14-. The molecule has 1 aromatic carbocycles. The third-order valence-electron chi connectivity index (χ3n) is 3.24. The molecule has 0 heterocycles. The molecule has 0 radical (unpaired) electrons. The minimum absolute atomic E-state index is 0.0382. The lowest BCUT2D eigenvalue weighted by molar-refractivity contribution is -0.137. The van der Waals surface area contributed by atoms with Crippen LogP contribution in [-0.2, 0) is 15.7 Å². The maximum Gasteiger partial charge on any atom is 0.416 e. The number of carbonyl (C=O) groups is 1. The van der Waals surface area contributed by atoms with Gasteiger partial charge in [-0.05, 0) is 31.5 Å². The van der Waals surface area contributed by atoms with Gasteiger partial charge in [0.05, 0.1) is 22.9 Å². The van der Waals surface area contributed by atoms with Crippen LogP contribution in [0.2, 0.25) is 5.02 Å². The molecule has 9 heteroatoms. The van der Waals surface area contributed by atoms with E-state index in [2.05, 4.69) is 10.5 Å². The molecule has 25 heavy (non-hydrogen) atoms. The number of halogens is 4. The number of carbonyl (C=O) groups excluding carboxylic acids is 1. The molecule has 0 aromatic heterocycles. The lowest BCUT2D eigenvalue weighted by Crippen LogP contribution is -2.36. The maximum absolute atomic E-state index is 12.8. The molecule has 0 fully saturated rings. The zero-order valence-electron chi connectivity index (χ0n) is 14.3. The van der Waals surface area contributed by atoms with E-state index in [-0.39, 0.29) is 23.2 Å². The van der Waals surface area contributed by atoms with Crippen molar-refractivity contribution in [3.8, 4) is 0 Å². The Balaban J connectivity index is 3.08. The van der Waals surface area contributed by atoms with E-state index in [0.717, 1.165) is 31.0 Å². The molecule has 0 spiro atoms. The van der Waals surface area contributed by atoms with E-state index in [9.17, 15) is 18.0 Å². The number of hydrogen-bond acceptors (Lipinski definition) is 4. The first-order chi connectivity index (χ1) is 11.7. The number of nitrogens with zero attached hydrogens (tertiary/aromatic N) is 2. The van der Waals surface area contributed by atoms with Gasteiger partial charge in [0.25, 0.3) is 0 Å². The topological polar surface area (TPSA) is 53.9 Å². The summed E-state index contributed by atoms with van der Waals surface area (Å²) in [7, 11) is 1.65. The summed E-state index contributed by atoms with van der Waals surface area (Å²) in [5, 5.41) is 3.97. The highest BCUT2D eigenvalue weighted by Gasteiger charge is 2.31. The van der Waals surface area contributed by atoms with Gasteiger partial charge in [-0.25, -0.2) is 4.79 Å². The summed E-state index contributed by atoms with van der Waals surface area (Å²) in [6, 6.07) is 2.82. The number of hydrazone groups is 1. The summed E-state index contributed by atoms with van der Waals surface area (Å²) in [5.41, 5.74) is 1.51. The first kappa shape index (κ1) is 21.1. The van der Waals surface area contributed by atoms with E-state index in [4.69, 9.17) is 16.3 Å². The monoisotopic (exact) mass is 379 g/mol. The van der Waals surface area contributed by atoms with Gasteiger partial charge in [0.15, 0.2) is 0 Å². The van der Waals surface area contributed by atoms with E-state index >= 15 is 0 Å². The molecule has 0 atom stereocenters. The number of benzene rings is 1. The van der Waals surface area contributed by atoms with Gasteiger partial charge in [0, 0.05) is 13.6 Å². The van der Waals surface area contributed by atoms with Gasteiger partial charge in [-0.1, -0.05) is 24.9 Å². The van der Waals surface area contributed by atoms with Gasteiger partial charge < -0.3 is 9.64 Å². The number of hydrogen-bond donors (Lipinski definition) is 1. The third-order valence-corrected chi connectivity index (χ3v) is 3.57. The van der Waals surface area contributed by atoms with Crippen molar-refractivity contribution in [3.05, 3.63) is 28.8 Å². The van der Waals surface area contributed by atoms with Crippen LogP contribution in [0.25, 0.3) is 0 Å². The van der Waals surface area contributed by atoms with Crippen molar-refractivity contribution in [1.29, 1.82) is 0 Å². The molecule has 1 N–H and O–H groups in total. The Morgan fingerprint density at radius 2 is 2.04 bits per heavy atom. The summed E-state index contributed by atoms with van der Waals surface area (Å²) in [4.78, 5) is 13.6. The van der Waals surface area contributed by atoms with E-state index in [1.807, 2.05) is 6.92 Å². The highest BCUT2D eigenvalue weighted by molar-refractivity contribution is 6.35. The van der Waals surface area contributed by atoms with Crippen molar-refractivity contribution in [2.45, 2.75) is 32.9 Å². The number of ether oxygens (including phenoxy) is 1. The second-order valence-corrected chi connectivity index (χ2v) is 5.64. The van der Waals surface area contributed by atoms with Crippen LogP contribution in [0.1, 0.15) is 32.3 Å². The van der Waals surface area contributed by atoms with Crippen molar-refractivity contribution < 1.29 is 22.7 Å². The smallest absolute Gasteiger partial charge is 0.416 e. The Bertz CT molecular complexity index is 621. The Labute approximate surface area is 149 Å². The van der Waals surface area contributed by atoms with Crippen LogP contribution in [-0.4, -0.2) is 36.9 Å². The Morgan fingerprint density at radius 1 is 1.36 bits per heavy atom. The quantitative estimate of drug-likeness (QED) is 0.345. The Morgan fingerprint density at radius 3 is 2.60 bits per heavy atom. The molecular weight excluding hydrogens is 359 g/mol. The molecule has 0 bridgehead atoms. The molecule has 1 rings (SSSR count). The number of alkyl halides is 3. The highest BCUT2D eigenvalue weighted by atomic mass is 35.5. The minimum atomic E-state index is -4.51. The van der Waals surface area contributed by atoms with Crippen LogP contribution < -0.4 is 5.43 Å². The zero-order chi connectivity index (χ0) is 19.0. The van der Waals surface area contributed by atoms with E-state index in [1.54, 1.807) is 18.9 Å². The van der Waals surface area contributed by atoms with Crippen molar-refractivity contribution in [1.82, 2.24) is 4.90 Å².